The fourth-order valence-corrected chi connectivity index (χ4v) is 2.13. The van der Waals surface area contributed by atoms with Gasteiger partial charge >= 0.3 is 12.1 Å². The van der Waals surface area contributed by atoms with E-state index in [0.29, 0.717) is 11.8 Å². The van der Waals surface area contributed by atoms with Crippen LogP contribution in [0.15, 0.2) is 0 Å². The molecule has 1 heterocycles. The van der Waals surface area contributed by atoms with Crippen LogP contribution in [0.2, 0.25) is 0 Å². The van der Waals surface area contributed by atoms with Crippen molar-refractivity contribution in [2.75, 3.05) is 13.2 Å². The van der Waals surface area contributed by atoms with Gasteiger partial charge < -0.3 is 9.84 Å². The van der Waals surface area contributed by atoms with Crippen molar-refractivity contribution in [1.82, 2.24) is 0 Å². The van der Waals surface area contributed by atoms with Crippen LogP contribution in [0.3, 0.4) is 0 Å². The Bertz CT molecular complexity index is 215. The lowest BCUT2D eigenvalue weighted by Crippen LogP contribution is -2.37. The normalized spacial score (nSPS) is 20.2. The number of alkyl halides is 3. The van der Waals surface area contributed by atoms with Crippen LogP contribution in [-0.2, 0) is 9.53 Å². The highest BCUT2D eigenvalue weighted by atomic mass is 32.2. The molecular formula is C7H9F3O3S. The monoisotopic (exact) mass is 230 g/mol. The third kappa shape index (κ3) is 3.38. The molecule has 3 nitrogen and oxygen atoms in total. The van der Waals surface area contributed by atoms with Gasteiger partial charge in [0.1, 0.15) is 5.25 Å². The van der Waals surface area contributed by atoms with E-state index < -0.39 is 23.8 Å². The molecule has 0 aliphatic carbocycles. The van der Waals surface area contributed by atoms with Crippen LogP contribution in [0.4, 0.5) is 13.2 Å². The second-order valence-corrected chi connectivity index (χ2v) is 4.43. The van der Waals surface area contributed by atoms with Crippen molar-refractivity contribution in [2.45, 2.75) is 23.1 Å². The molecule has 1 N–H and O–H groups in total. The van der Waals surface area contributed by atoms with Crippen molar-refractivity contribution in [3.8, 4) is 0 Å². The standard InChI is InChI=1S/C7H9F3O3S/c8-7(9,10)5(1-6(11)12)14-4-2-13-3-4/h4-5H,1-3H2,(H,11,12). The molecule has 1 unspecified atom stereocenters. The van der Waals surface area contributed by atoms with E-state index in [9.17, 15) is 18.0 Å². The van der Waals surface area contributed by atoms with Gasteiger partial charge in [-0.3, -0.25) is 4.79 Å². The highest BCUT2D eigenvalue weighted by Crippen LogP contribution is 2.37. The highest BCUT2D eigenvalue weighted by molar-refractivity contribution is 8.00. The van der Waals surface area contributed by atoms with Gasteiger partial charge in [-0.05, 0) is 0 Å². The van der Waals surface area contributed by atoms with E-state index in [4.69, 9.17) is 9.84 Å². The number of hydrogen-bond donors (Lipinski definition) is 1. The summed E-state index contributed by atoms with van der Waals surface area (Å²) in [6.07, 6.45) is -5.34. The van der Waals surface area contributed by atoms with E-state index in [-0.39, 0.29) is 18.5 Å². The van der Waals surface area contributed by atoms with Crippen LogP contribution in [0.1, 0.15) is 6.42 Å². The Morgan fingerprint density at radius 2 is 2.14 bits per heavy atom. The molecule has 1 fully saturated rings. The summed E-state index contributed by atoms with van der Waals surface area (Å²) in [5, 5.41) is 6.26. The fraction of sp³-hybridized carbons (Fsp3) is 0.857. The molecule has 0 amide bonds. The summed E-state index contributed by atoms with van der Waals surface area (Å²) < 4.78 is 41.5. The first-order chi connectivity index (χ1) is 6.39. The van der Waals surface area contributed by atoms with Crippen LogP contribution in [0.25, 0.3) is 0 Å². The van der Waals surface area contributed by atoms with E-state index in [1.807, 2.05) is 0 Å². The number of carboxylic acids is 1. The Morgan fingerprint density at radius 1 is 1.57 bits per heavy atom. The SMILES string of the molecule is O=C(O)CC(SC1COC1)C(F)(F)F. The first-order valence-electron chi connectivity index (χ1n) is 3.91. The van der Waals surface area contributed by atoms with Crippen LogP contribution in [0.5, 0.6) is 0 Å². The minimum Gasteiger partial charge on any atom is -0.481 e. The van der Waals surface area contributed by atoms with E-state index in [0.717, 1.165) is 0 Å². The number of ether oxygens (including phenoxy) is 1. The maximum Gasteiger partial charge on any atom is 0.401 e. The van der Waals surface area contributed by atoms with Gasteiger partial charge in [-0.15, -0.1) is 11.8 Å². The lowest BCUT2D eigenvalue weighted by atomic mass is 10.3. The summed E-state index contributed by atoms with van der Waals surface area (Å²) >= 11 is 0.636. The molecule has 1 atom stereocenters. The summed E-state index contributed by atoms with van der Waals surface area (Å²) in [7, 11) is 0. The van der Waals surface area contributed by atoms with Gasteiger partial charge in [-0.2, -0.15) is 13.2 Å². The number of rotatable bonds is 4. The predicted octanol–water partition coefficient (Wildman–Crippen LogP) is 1.52. The zero-order valence-corrected chi connectivity index (χ0v) is 7.90. The topological polar surface area (TPSA) is 46.5 Å². The molecule has 0 radical (unpaired) electrons. The molecule has 0 aromatic rings. The molecule has 1 aliphatic heterocycles. The second kappa shape index (κ2) is 4.39. The van der Waals surface area contributed by atoms with Crippen molar-refractivity contribution in [3.05, 3.63) is 0 Å². The van der Waals surface area contributed by atoms with E-state index >= 15 is 0 Å². The Kier molecular flexibility index (Phi) is 3.65. The molecule has 0 aromatic heterocycles. The third-order valence-electron chi connectivity index (χ3n) is 1.69. The summed E-state index contributed by atoms with van der Waals surface area (Å²) in [6.45, 7) is 0.549. The van der Waals surface area contributed by atoms with E-state index in [2.05, 4.69) is 0 Å². The Balaban J connectivity index is 2.47. The Labute approximate surface area is 82.6 Å². The smallest absolute Gasteiger partial charge is 0.401 e. The number of halogens is 3. The number of hydrogen-bond acceptors (Lipinski definition) is 3. The fourth-order valence-electron chi connectivity index (χ4n) is 0.925. The van der Waals surface area contributed by atoms with Crippen molar-refractivity contribution >= 4 is 17.7 Å². The maximum atomic E-state index is 12.3. The first-order valence-corrected chi connectivity index (χ1v) is 4.85. The average molecular weight is 230 g/mol. The van der Waals surface area contributed by atoms with Gasteiger partial charge in [0.2, 0.25) is 0 Å². The Hall–Kier alpha value is -0.430. The van der Waals surface area contributed by atoms with Crippen LogP contribution in [-0.4, -0.2) is 41.0 Å². The minimum atomic E-state index is -4.46. The first kappa shape index (κ1) is 11.6. The summed E-state index contributed by atoms with van der Waals surface area (Å²) in [6, 6.07) is 0. The van der Waals surface area contributed by atoms with Gasteiger partial charge in [-0.1, -0.05) is 0 Å². The molecule has 0 bridgehead atoms. The number of carboxylic acid groups (broad SMARTS) is 1. The number of carbonyl (C=O) groups is 1. The maximum absolute atomic E-state index is 12.3. The molecule has 82 valence electrons. The van der Waals surface area contributed by atoms with Gasteiger partial charge in [0.25, 0.3) is 0 Å². The van der Waals surface area contributed by atoms with E-state index in [1.165, 1.54) is 0 Å². The minimum absolute atomic E-state index is 0.221. The number of thioether (sulfide) groups is 1. The summed E-state index contributed by atoms with van der Waals surface area (Å²) in [5.41, 5.74) is 0. The average Bonchev–Trinajstić information content (AvgIpc) is 1.90. The molecule has 0 saturated carbocycles. The molecular weight excluding hydrogens is 221 g/mol. The third-order valence-corrected chi connectivity index (χ3v) is 3.11. The van der Waals surface area contributed by atoms with Crippen LogP contribution < -0.4 is 0 Å². The largest absolute Gasteiger partial charge is 0.481 e. The predicted molar refractivity (Wildman–Crippen MR) is 44.3 cm³/mol. The van der Waals surface area contributed by atoms with E-state index in [1.54, 1.807) is 0 Å². The molecule has 1 aliphatic rings. The number of aliphatic carboxylic acids is 1. The van der Waals surface area contributed by atoms with Gasteiger partial charge in [-0.25, -0.2) is 0 Å². The zero-order valence-electron chi connectivity index (χ0n) is 7.08. The van der Waals surface area contributed by atoms with Gasteiger partial charge in [0, 0.05) is 0 Å². The van der Waals surface area contributed by atoms with Crippen molar-refractivity contribution < 1.29 is 27.8 Å². The van der Waals surface area contributed by atoms with Gasteiger partial charge in [0.15, 0.2) is 0 Å². The lowest BCUT2D eigenvalue weighted by Gasteiger charge is -2.29. The van der Waals surface area contributed by atoms with Crippen molar-refractivity contribution in [2.24, 2.45) is 0 Å². The summed E-state index contributed by atoms with van der Waals surface area (Å²) in [4.78, 5) is 10.2. The zero-order chi connectivity index (χ0) is 10.8. The quantitative estimate of drug-likeness (QED) is 0.795. The Morgan fingerprint density at radius 3 is 2.43 bits per heavy atom. The molecule has 14 heavy (non-hydrogen) atoms. The molecule has 7 heteroatoms. The highest BCUT2D eigenvalue weighted by Gasteiger charge is 2.43. The summed E-state index contributed by atoms with van der Waals surface area (Å²) in [5.74, 6) is -1.43. The molecule has 1 rings (SSSR count). The molecule has 0 spiro atoms. The molecule has 0 aromatic carbocycles. The second-order valence-electron chi connectivity index (χ2n) is 2.92. The van der Waals surface area contributed by atoms with Crippen LogP contribution >= 0.6 is 11.8 Å². The van der Waals surface area contributed by atoms with Gasteiger partial charge in [0.05, 0.1) is 24.9 Å². The van der Waals surface area contributed by atoms with Crippen molar-refractivity contribution in [3.63, 3.8) is 0 Å². The lowest BCUT2D eigenvalue weighted by molar-refractivity contribution is -0.150. The molecule has 1 saturated heterocycles. The van der Waals surface area contributed by atoms with Crippen LogP contribution in [0, 0.1) is 0 Å². The van der Waals surface area contributed by atoms with Crippen molar-refractivity contribution in [1.29, 1.82) is 0 Å².